The second-order valence-electron chi connectivity index (χ2n) is 22.7. The number of hydrogen-bond donors (Lipinski definition) is 7. The predicted octanol–water partition coefficient (Wildman–Crippen LogP) is 4.04. The summed E-state index contributed by atoms with van der Waals surface area (Å²) in [6.45, 7) is 9.86. The highest BCUT2D eigenvalue weighted by molar-refractivity contribution is 5.98. The molecule has 2 unspecified atom stereocenters. The van der Waals surface area contributed by atoms with Crippen molar-refractivity contribution in [2.45, 2.75) is 142 Å². The number of rotatable bonds is 32. The van der Waals surface area contributed by atoms with E-state index in [1.165, 1.54) is 17.6 Å². The van der Waals surface area contributed by atoms with Crippen molar-refractivity contribution in [3.8, 4) is 23.2 Å². The summed E-state index contributed by atoms with van der Waals surface area (Å²) in [4.78, 5) is 109. The molecule has 4 aromatic rings. The number of benzene rings is 2. The van der Waals surface area contributed by atoms with Gasteiger partial charge in [-0.1, -0.05) is 45.2 Å². The molecule has 6 amide bonds. The number of aliphatic hydroxyl groups is 1. The van der Waals surface area contributed by atoms with E-state index in [4.69, 9.17) is 42.9 Å². The summed E-state index contributed by atoms with van der Waals surface area (Å²) in [7, 11) is 0. The van der Waals surface area contributed by atoms with Crippen LogP contribution in [0.15, 0.2) is 41.2 Å². The number of pyridine rings is 2. The van der Waals surface area contributed by atoms with Gasteiger partial charge >= 0.3 is 12.1 Å². The lowest BCUT2D eigenvalue weighted by molar-refractivity contribution is -0.172. The molecular formula is C64H81FN8O17. The quantitative estimate of drug-likeness (QED) is 0.0138. The topological polar surface area (TPSA) is 321 Å². The van der Waals surface area contributed by atoms with Crippen LogP contribution >= 0.6 is 0 Å². The number of carbonyl (C=O) groups excluding carboxylic acids is 7. The minimum absolute atomic E-state index is 0.00329. The Morgan fingerprint density at radius 1 is 0.822 bits per heavy atom. The van der Waals surface area contributed by atoms with Gasteiger partial charge in [-0.2, -0.15) is 0 Å². The van der Waals surface area contributed by atoms with Crippen molar-refractivity contribution in [1.29, 1.82) is 0 Å². The number of amides is 6. The van der Waals surface area contributed by atoms with Gasteiger partial charge in [0.2, 0.25) is 29.5 Å². The minimum atomic E-state index is -2.04. The summed E-state index contributed by atoms with van der Waals surface area (Å²) in [5, 5.41) is 28.4. The molecule has 26 heteroatoms. The summed E-state index contributed by atoms with van der Waals surface area (Å²) in [6, 6.07) is 6.86. The van der Waals surface area contributed by atoms with E-state index in [1.54, 1.807) is 58.0 Å². The Bertz CT molecular complexity index is 3380. The van der Waals surface area contributed by atoms with E-state index in [9.17, 15) is 43.5 Å². The van der Waals surface area contributed by atoms with Gasteiger partial charge in [-0.05, 0) is 98.7 Å². The van der Waals surface area contributed by atoms with E-state index >= 15 is 4.39 Å². The molecule has 4 aliphatic rings. The maximum atomic E-state index is 15.4. The van der Waals surface area contributed by atoms with Crippen molar-refractivity contribution >= 4 is 58.2 Å². The van der Waals surface area contributed by atoms with Gasteiger partial charge in [0.25, 0.3) is 5.56 Å². The van der Waals surface area contributed by atoms with Gasteiger partial charge in [-0.3, -0.25) is 34.1 Å². The van der Waals surface area contributed by atoms with Gasteiger partial charge in [0.05, 0.1) is 87.9 Å². The summed E-state index contributed by atoms with van der Waals surface area (Å²) >= 11 is 0. The maximum Gasteiger partial charge on any atom is 0.409 e. The van der Waals surface area contributed by atoms with Gasteiger partial charge in [-0.15, -0.1) is 5.92 Å². The van der Waals surface area contributed by atoms with E-state index in [0.717, 1.165) is 37.7 Å². The zero-order valence-corrected chi connectivity index (χ0v) is 51.6. The molecule has 0 saturated heterocycles. The number of carbonyl (C=O) groups is 7. The van der Waals surface area contributed by atoms with Crippen molar-refractivity contribution in [2.24, 2.45) is 5.92 Å². The van der Waals surface area contributed by atoms with Crippen molar-refractivity contribution in [3.63, 3.8) is 0 Å². The van der Waals surface area contributed by atoms with Crippen LogP contribution in [0.2, 0.25) is 0 Å². The van der Waals surface area contributed by atoms with Crippen LogP contribution in [-0.4, -0.2) is 154 Å². The van der Waals surface area contributed by atoms with Crippen LogP contribution in [0.25, 0.3) is 22.3 Å². The highest BCUT2D eigenvalue weighted by Crippen LogP contribution is 2.46. The molecule has 4 heterocycles. The molecule has 25 nitrogen and oxygen atoms in total. The Balaban J connectivity index is 0.673. The van der Waals surface area contributed by atoms with Gasteiger partial charge in [0, 0.05) is 47.7 Å². The zero-order chi connectivity index (χ0) is 64.3. The fourth-order valence-electron chi connectivity index (χ4n) is 11.0. The van der Waals surface area contributed by atoms with Crippen LogP contribution in [-0.2, 0) is 98.4 Å². The third kappa shape index (κ3) is 17.7. The van der Waals surface area contributed by atoms with Gasteiger partial charge in [0.1, 0.15) is 57.2 Å². The van der Waals surface area contributed by atoms with Crippen molar-refractivity contribution in [2.75, 3.05) is 84.7 Å². The number of cyclic esters (lactones) is 1. The van der Waals surface area contributed by atoms with Crippen LogP contribution in [0, 0.1) is 30.5 Å². The Labute approximate surface area is 520 Å². The lowest BCUT2D eigenvalue weighted by Crippen LogP contribution is -2.53. The molecule has 0 fully saturated rings. The molecule has 90 heavy (non-hydrogen) atoms. The van der Waals surface area contributed by atoms with Crippen LogP contribution in [0.1, 0.15) is 124 Å². The highest BCUT2D eigenvalue weighted by Gasteiger charge is 2.46. The number of anilines is 1. The third-order valence-electron chi connectivity index (χ3n) is 16.0. The SMILES string of the molecule is CC[C@@]1(O)C(=O)OCc2c1cc1n(c2=O)Cc2c-1nc1cc(F)c(C)c3c1c2C(NC(=O)COCNC(=O)OCc1ccc(NC(=O)[C@H](C)NC(=O)[C@@H](NC(=O)CCOCCOCCOCCOCCNC(=O)COC2C#CCCCCC2)C(C)C)cc1)CC3. The minimum Gasteiger partial charge on any atom is -0.458 e. The second-order valence-corrected chi connectivity index (χ2v) is 22.7. The van der Waals surface area contributed by atoms with E-state index < -0.39 is 77.4 Å². The van der Waals surface area contributed by atoms with Crippen LogP contribution in [0.4, 0.5) is 14.9 Å². The average molecular weight is 1250 g/mol. The van der Waals surface area contributed by atoms with E-state index in [0.29, 0.717) is 103 Å². The fraction of sp³-hybridized carbons (Fsp3) is 0.547. The molecular weight excluding hydrogens is 1170 g/mol. The Morgan fingerprint density at radius 3 is 2.27 bits per heavy atom. The van der Waals surface area contributed by atoms with Gasteiger partial charge in [0.15, 0.2) is 5.60 Å². The number of aryl methyl sites for hydroxylation is 1. The molecule has 0 spiro atoms. The maximum absolute atomic E-state index is 15.4. The standard InChI is InChI=1S/C64H81FN8O17/c1-6-64(82)47-30-51-58-45(32-73(51)61(79)46(47)34-89-62(64)80)56-49(19-18-44-39(4)48(65)31-50(71-58)55(44)56)70-54(76)35-87-37-67-63(81)90-33-41-14-16-42(17-15-41)69-59(77)40(5)68-60(78)57(38(2)3)72-52(74)20-22-83-24-26-85-28-29-86-27-25-84-23-21-66-53(75)36-88-43-12-10-8-7-9-11-13-43/h14-17,30-31,38,40,43,49,57,82H,6-10,12,18-29,32-37H2,1-5H3,(H,66,75)(H,67,81)(H,68,78)(H,69,77)(H,70,76)(H,72,74)/t40-,43?,49?,57-,64-/m0/s1. The molecule has 0 bridgehead atoms. The lowest BCUT2D eigenvalue weighted by Gasteiger charge is -2.31. The number of hydrogen-bond acceptors (Lipinski definition) is 18. The molecule has 0 saturated carbocycles. The molecule has 5 atom stereocenters. The Hall–Kier alpha value is -7.90. The van der Waals surface area contributed by atoms with Crippen LogP contribution in [0.3, 0.4) is 0 Å². The number of ether oxygens (including phenoxy) is 8. The number of nitrogens with one attached hydrogen (secondary N) is 6. The first kappa shape index (κ1) is 68.0. The van der Waals surface area contributed by atoms with Gasteiger partial charge < -0.3 is 74.2 Å². The van der Waals surface area contributed by atoms with E-state index in [1.807, 2.05) is 0 Å². The molecule has 8 rings (SSSR count). The summed E-state index contributed by atoms with van der Waals surface area (Å²) in [6.07, 6.45) is 4.76. The Kier molecular flexibility index (Phi) is 24.7. The molecule has 2 aromatic heterocycles. The van der Waals surface area contributed by atoms with Crippen molar-refractivity contribution in [3.05, 3.63) is 91.5 Å². The molecule has 7 N–H and O–H groups in total. The molecule has 2 aromatic carbocycles. The monoisotopic (exact) mass is 1250 g/mol. The number of aromatic nitrogens is 2. The van der Waals surface area contributed by atoms with Crippen molar-refractivity contribution in [1.82, 2.24) is 36.1 Å². The average Bonchev–Trinajstić information content (AvgIpc) is 1.46. The van der Waals surface area contributed by atoms with E-state index in [-0.39, 0.29) is 94.8 Å². The fourth-order valence-corrected chi connectivity index (χ4v) is 11.0. The second kappa shape index (κ2) is 32.7. The number of esters is 1. The number of fused-ring (bicyclic) bond motifs is 5. The smallest absolute Gasteiger partial charge is 0.409 e. The molecule has 2 aliphatic carbocycles. The molecule has 486 valence electrons. The zero-order valence-electron chi connectivity index (χ0n) is 51.6. The van der Waals surface area contributed by atoms with Crippen LogP contribution in [0.5, 0.6) is 0 Å². The molecule has 2 aliphatic heterocycles. The normalized spacial score (nSPS) is 17.8. The highest BCUT2D eigenvalue weighted by atomic mass is 19.1. The van der Waals surface area contributed by atoms with Gasteiger partial charge in [-0.25, -0.2) is 19.0 Å². The Morgan fingerprint density at radius 2 is 1.54 bits per heavy atom. The number of nitrogens with zero attached hydrogens (tertiary/aromatic N) is 2. The van der Waals surface area contributed by atoms with Crippen molar-refractivity contribution < 1.29 is 81.0 Å². The summed E-state index contributed by atoms with van der Waals surface area (Å²) < 4.78 is 60.6. The largest absolute Gasteiger partial charge is 0.458 e. The predicted molar refractivity (Wildman–Crippen MR) is 324 cm³/mol. The first-order valence-corrected chi connectivity index (χ1v) is 30.6. The first-order valence-electron chi connectivity index (χ1n) is 30.6. The molecule has 0 radical (unpaired) electrons. The number of halogens is 1. The lowest BCUT2D eigenvalue weighted by atomic mass is 9.81. The third-order valence-corrected chi connectivity index (χ3v) is 16.0. The van der Waals surface area contributed by atoms with E-state index in [2.05, 4.69) is 43.7 Å². The summed E-state index contributed by atoms with van der Waals surface area (Å²) in [5.41, 5.74) is 2.34. The van der Waals surface area contributed by atoms with Crippen LogP contribution < -0.4 is 37.5 Å². The summed E-state index contributed by atoms with van der Waals surface area (Å²) in [5.74, 6) is 2.39. The number of alkyl carbamates (subject to hydrolysis) is 1. The first-order chi connectivity index (χ1) is 43.4.